The molecule has 1 aromatic heterocycles. The zero-order chi connectivity index (χ0) is 17.0. The van der Waals surface area contributed by atoms with Gasteiger partial charge in [-0.15, -0.1) is 0 Å². The van der Waals surface area contributed by atoms with Crippen LogP contribution in [0.3, 0.4) is 0 Å². The van der Waals surface area contributed by atoms with Gasteiger partial charge in [0, 0.05) is 30.4 Å². The van der Waals surface area contributed by atoms with Crippen molar-refractivity contribution in [2.45, 2.75) is 18.2 Å². The number of nitrogens with one attached hydrogen (secondary N) is 2. The van der Waals surface area contributed by atoms with Gasteiger partial charge in [-0.1, -0.05) is 42.5 Å². The second kappa shape index (κ2) is 6.98. The standard InChI is InChI=1S/C18H19N3O2S/c1-14-6-5-9-17(12-14)24(22,23)20-11-10-16-13-19-18(21-16)15-7-3-2-4-8-15/h2-9,12-13,20H,10-11H2,1H3,(H,19,21). The number of rotatable bonds is 6. The maximum atomic E-state index is 12.3. The van der Waals surface area contributed by atoms with Crippen LogP contribution in [0, 0.1) is 6.92 Å². The number of benzene rings is 2. The van der Waals surface area contributed by atoms with E-state index in [9.17, 15) is 8.42 Å². The molecule has 2 aromatic carbocycles. The van der Waals surface area contributed by atoms with Gasteiger partial charge < -0.3 is 4.98 Å². The first-order chi connectivity index (χ1) is 11.5. The van der Waals surface area contributed by atoms with Crippen molar-refractivity contribution in [3.8, 4) is 11.4 Å². The van der Waals surface area contributed by atoms with Crippen LogP contribution >= 0.6 is 0 Å². The maximum absolute atomic E-state index is 12.3. The molecule has 0 fully saturated rings. The summed E-state index contributed by atoms with van der Waals surface area (Å²) in [5, 5.41) is 0. The number of imidazole rings is 1. The van der Waals surface area contributed by atoms with E-state index in [2.05, 4.69) is 14.7 Å². The quantitative estimate of drug-likeness (QED) is 0.724. The lowest BCUT2D eigenvalue weighted by molar-refractivity contribution is 0.581. The van der Waals surface area contributed by atoms with Gasteiger partial charge in [-0.05, 0) is 24.6 Å². The Morgan fingerprint density at radius 1 is 1.08 bits per heavy atom. The van der Waals surface area contributed by atoms with Crippen LogP contribution in [0.25, 0.3) is 11.4 Å². The van der Waals surface area contributed by atoms with E-state index >= 15 is 0 Å². The molecule has 2 N–H and O–H groups in total. The van der Waals surface area contributed by atoms with Gasteiger partial charge >= 0.3 is 0 Å². The molecule has 1 heterocycles. The van der Waals surface area contributed by atoms with Crippen LogP contribution in [-0.4, -0.2) is 24.9 Å². The molecule has 24 heavy (non-hydrogen) atoms. The molecule has 3 rings (SSSR count). The van der Waals surface area contributed by atoms with Crippen LogP contribution in [0.4, 0.5) is 0 Å². The van der Waals surface area contributed by atoms with E-state index in [1.54, 1.807) is 24.4 Å². The van der Waals surface area contributed by atoms with Crippen molar-refractivity contribution in [2.75, 3.05) is 6.54 Å². The molecule has 0 amide bonds. The zero-order valence-corrected chi connectivity index (χ0v) is 14.2. The van der Waals surface area contributed by atoms with E-state index in [1.807, 2.05) is 43.3 Å². The third-order valence-corrected chi connectivity index (χ3v) is 5.12. The van der Waals surface area contributed by atoms with Crippen molar-refractivity contribution in [2.24, 2.45) is 0 Å². The Labute approximate surface area is 141 Å². The molecular weight excluding hydrogens is 322 g/mol. The first-order valence-corrected chi connectivity index (χ1v) is 9.18. The van der Waals surface area contributed by atoms with Crippen molar-refractivity contribution in [1.82, 2.24) is 14.7 Å². The second-order valence-electron chi connectivity index (χ2n) is 5.59. The third-order valence-electron chi connectivity index (χ3n) is 3.66. The number of nitrogens with zero attached hydrogens (tertiary/aromatic N) is 1. The Hall–Kier alpha value is -2.44. The fourth-order valence-electron chi connectivity index (χ4n) is 2.41. The van der Waals surface area contributed by atoms with Crippen LogP contribution in [0.5, 0.6) is 0 Å². The van der Waals surface area contributed by atoms with Gasteiger partial charge in [-0.3, -0.25) is 0 Å². The average Bonchev–Trinajstić information content (AvgIpc) is 3.04. The van der Waals surface area contributed by atoms with E-state index in [0.717, 1.165) is 22.6 Å². The summed E-state index contributed by atoms with van der Waals surface area (Å²) in [5.74, 6) is 0.784. The van der Waals surface area contributed by atoms with E-state index in [0.29, 0.717) is 13.0 Å². The first-order valence-electron chi connectivity index (χ1n) is 7.70. The van der Waals surface area contributed by atoms with Crippen LogP contribution in [0.15, 0.2) is 65.7 Å². The molecule has 0 saturated heterocycles. The fraction of sp³-hybridized carbons (Fsp3) is 0.167. The largest absolute Gasteiger partial charge is 0.342 e. The van der Waals surface area contributed by atoms with Crippen molar-refractivity contribution >= 4 is 10.0 Å². The van der Waals surface area contributed by atoms with Crippen molar-refractivity contribution in [3.63, 3.8) is 0 Å². The lowest BCUT2D eigenvalue weighted by Gasteiger charge is -2.06. The number of aromatic nitrogens is 2. The summed E-state index contributed by atoms with van der Waals surface area (Å²) in [6, 6.07) is 16.7. The molecule has 124 valence electrons. The highest BCUT2D eigenvalue weighted by molar-refractivity contribution is 7.89. The van der Waals surface area contributed by atoms with Gasteiger partial charge in [-0.2, -0.15) is 0 Å². The van der Waals surface area contributed by atoms with Gasteiger partial charge in [0.25, 0.3) is 0 Å². The highest BCUT2D eigenvalue weighted by Crippen LogP contribution is 2.15. The zero-order valence-electron chi connectivity index (χ0n) is 13.4. The van der Waals surface area contributed by atoms with Crippen LogP contribution in [0.1, 0.15) is 11.3 Å². The Morgan fingerprint density at radius 2 is 1.88 bits per heavy atom. The minimum absolute atomic E-state index is 0.289. The SMILES string of the molecule is Cc1cccc(S(=O)(=O)NCCc2cnc(-c3ccccc3)[nH]2)c1. The maximum Gasteiger partial charge on any atom is 0.240 e. The number of H-pyrrole nitrogens is 1. The second-order valence-corrected chi connectivity index (χ2v) is 7.35. The summed E-state index contributed by atoms with van der Waals surface area (Å²) < 4.78 is 27.2. The minimum atomic E-state index is -3.48. The molecule has 3 aromatic rings. The topological polar surface area (TPSA) is 74.8 Å². The summed E-state index contributed by atoms with van der Waals surface area (Å²) in [6.07, 6.45) is 2.29. The molecule has 0 bridgehead atoms. The molecule has 5 nitrogen and oxygen atoms in total. The lowest BCUT2D eigenvalue weighted by atomic mass is 10.2. The van der Waals surface area contributed by atoms with Gasteiger partial charge in [0.05, 0.1) is 4.90 Å². The average molecular weight is 341 g/mol. The summed E-state index contributed by atoms with van der Waals surface area (Å²) in [6.45, 7) is 2.18. The minimum Gasteiger partial charge on any atom is -0.342 e. The monoisotopic (exact) mass is 341 g/mol. The summed E-state index contributed by atoms with van der Waals surface area (Å²) in [4.78, 5) is 7.85. The number of hydrogen-bond acceptors (Lipinski definition) is 3. The Bertz CT molecular complexity index is 918. The fourth-order valence-corrected chi connectivity index (χ4v) is 3.55. The Morgan fingerprint density at radius 3 is 2.62 bits per heavy atom. The Balaban J connectivity index is 1.62. The smallest absolute Gasteiger partial charge is 0.240 e. The molecule has 0 spiro atoms. The predicted octanol–water partition coefficient (Wildman–Crippen LogP) is 2.91. The van der Waals surface area contributed by atoms with Gasteiger partial charge in [0.15, 0.2) is 0 Å². The molecule has 0 aliphatic rings. The van der Waals surface area contributed by atoms with Crippen molar-refractivity contribution in [3.05, 3.63) is 72.1 Å². The van der Waals surface area contributed by atoms with Crippen molar-refractivity contribution in [1.29, 1.82) is 0 Å². The van der Waals surface area contributed by atoms with E-state index < -0.39 is 10.0 Å². The van der Waals surface area contributed by atoms with E-state index in [4.69, 9.17) is 0 Å². The summed E-state index contributed by atoms with van der Waals surface area (Å²) >= 11 is 0. The third kappa shape index (κ3) is 3.90. The summed E-state index contributed by atoms with van der Waals surface area (Å²) in [7, 11) is -3.48. The molecule has 0 unspecified atom stereocenters. The number of aromatic amines is 1. The van der Waals surface area contributed by atoms with Crippen LogP contribution in [-0.2, 0) is 16.4 Å². The molecule has 0 aliphatic carbocycles. The molecule has 0 saturated carbocycles. The van der Waals surface area contributed by atoms with E-state index in [-0.39, 0.29) is 4.90 Å². The first kappa shape index (κ1) is 16.4. The summed E-state index contributed by atoms with van der Waals surface area (Å²) in [5.41, 5.74) is 2.81. The molecule has 0 radical (unpaired) electrons. The van der Waals surface area contributed by atoms with Crippen LogP contribution < -0.4 is 4.72 Å². The Kier molecular flexibility index (Phi) is 4.78. The number of hydrogen-bond donors (Lipinski definition) is 2. The predicted molar refractivity (Wildman–Crippen MR) is 94.1 cm³/mol. The highest BCUT2D eigenvalue weighted by atomic mass is 32.2. The van der Waals surface area contributed by atoms with Gasteiger partial charge in [0.2, 0.25) is 10.0 Å². The van der Waals surface area contributed by atoms with Crippen LogP contribution in [0.2, 0.25) is 0 Å². The lowest BCUT2D eigenvalue weighted by Crippen LogP contribution is -2.26. The molecular formula is C18H19N3O2S. The number of aryl methyl sites for hydroxylation is 1. The van der Waals surface area contributed by atoms with E-state index in [1.165, 1.54) is 0 Å². The number of sulfonamides is 1. The van der Waals surface area contributed by atoms with Gasteiger partial charge in [-0.25, -0.2) is 18.1 Å². The molecule has 6 heteroatoms. The highest BCUT2D eigenvalue weighted by Gasteiger charge is 2.13. The van der Waals surface area contributed by atoms with Gasteiger partial charge in [0.1, 0.15) is 5.82 Å². The van der Waals surface area contributed by atoms with Crippen molar-refractivity contribution < 1.29 is 8.42 Å². The molecule has 0 atom stereocenters. The normalized spacial score (nSPS) is 11.5. The molecule has 0 aliphatic heterocycles.